The second kappa shape index (κ2) is 7.84. The van der Waals surface area contributed by atoms with E-state index in [1.54, 1.807) is 50.2 Å². The van der Waals surface area contributed by atoms with Gasteiger partial charge in [-0.15, -0.1) is 0 Å². The van der Waals surface area contributed by atoms with Crippen LogP contribution in [0.1, 0.15) is 24.9 Å². The Kier molecular flexibility index (Phi) is 6.02. The van der Waals surface area contributed by atoms with Crippen LogP contribution in [0.15, 0.2) is 35.5 Å². The van der Waals surface area contributed by atoms with Crippen LogP contribution in [0.3, 0.4) is 0 Å². The lowest BCUT2D eigenvalue weighted by molar-refractivity contribution is -0.133. The molecule has 1 aliphatic rings. The van der Waals surface area contributed by atoms with Gasteiger partial charge in [0.15, 0.2) is 5.11 Å². The smallest absolute Gasteiger partial charge is 0.335 e. The predicted molar refractivity (Wildman–Crippen MR) is 100 cm³/mol. The fourth-order valence-electron chi connectivity index (χ4n) is 2.75. The van der Waals surface area contributed by atoms with Crippen molar-refractivity contribution in [3.05, 3.63) is 46.1 Å². The molecule has 0 bridgehead atoms. The third-order valence-corrected chi connectivity index (χ3v) is 4.72. The van der Waals surface area contributed by atoms with Gasteiger partial charge >= 0.3 is 5.97 Å². The summed E-state index contributed by atoms with van der Waals surface area (Å²) in [6, 6.07) is 6.40. The molecule has 2 rings (SSSR count). The Bertz CT molecular complexity index is 748. The average molecular weight is 382 g/mol. The van der Waals surface area contributed by atoms with Gasteiger partial charge in [0, 0.05) is 37.8 Å². The minimum Gasteiger partial charge on any atom is -0.478 e. The second-order valence-corrected chi connectivity index (χ2v) is 6.72. The predicted octanol–water partition coefficient (Wildman–Crippen LogP) is 2.41. The SMILES string of the molecule is CC1=C(C(=O)O)C(c2ccccc2Cl)N(CCC(=O)N(C)C)C(=S)N1. The lowest BCUT2D eigenvalue weighted by Crippen LogP contribution is -2.49. The fourth-order valence-corrected chi connectivity index (χ4v) is 3.33. The molecule has 1 aromatic carbocycles. The van der Waals surface area contributed by atoms with Crippen molar-refractivity contribution in [2.75, 3.05) is 20.6 Å². The van der Waals surface area contributed by atoms with Crippen LogP contribution >= 0.6 is 23.8 Å². The summed E-state index contributed by atoms with van der Waals surface area (Å²) in [4.78, 5) is 27.0. The highest BCUT2D eigenvalue weighted by Crippen LogP contribution is 2.37. The molecular weight excluding hydrogens is 362 g/mol. The maximum Gasteiger partial charge on any atom is 0.335 e. The lowest BCUT2D eigenvalue weighted by atomic mass is 9.93. The first-order chi connectivity index (χ1) is 11.7. The van der Waals surface area contributed by atoms with Gasteiger partial charge in [-0.2, -0.15) is 0 Å². The first-order valence-electron chi connectivity index (χ1n) is 7.70. The summed E-state index contributed by atoms with van der Waals surface area (Å²) < 4.78 is 0. The molecule has 1 heterocycles. The van der Waals surface area contributed by atoms with Crippen LogP contribution in [0.25, 0.3) is 0 Å². The summed E-state index contributed by atoms with van der Waals surface area (Å²) in [5.41, 5.74) is 1.28. The van der Waals surface area contributed by atoms with Gasteiger partial charge in [0.1, 0.15) is 0 Å². The van der Waals surface area contributed by atoms with E-state index in [4.69, 9.17) is 23.8 Å². The number of nitrogens with one attached hydrogen (secondary N) is 1. The number of hydrogen-bond acceptors (Lipinski definition) is 3. The van der Waals surface area contributed by atoms with Crippen molar-refractivity contribution in [2.45, 2.75) is 19.4 Å². The van der Waals surface area contributed by atoms with Crippen molar-refractivity contribution in [1.82, 2.24) is 15.1 Å². The van der Waals surface area contributed by atoms with Crippen molar-refractivity contribution in [3.8, 4) is 0 Å². The van der Waals surface area contributed by atoms with Gasteiger partial charge < -0.3 is 20.2 Å². The molecule has 8 heteroatoms. The normalized spacial score (nSPS) is 17.4. The molecule has 0 fully saturated rings. The molecule has 1 aliphatic heterocycles. The summed E-state index contributed by atoms with van der Waals surface area (Å²) in [7, 11) is 3.35. The van der Waals surface area contributed by atoms with Gasteiger partial charge in [0.2, 0.25) is 5.91 Å². The van der Waals surface area contributed by atoms with E-state index in [-0.39, 0.29) is 24.4 Å². The molecule has 1 amide bonds. The van der Waals surface area contributed by atoms with E-state index < -0.39 is 12.0 Å². The van der Waals surface area contributed by atoms with E-state index >= 15 is 0 Å². The summed E-state index contributed by atoms with van der Waals surface area (Å²) >= 11 is 11.7. The van der Waals surface area contributed by atoms with Crippen LogP contribution in [0.2, 0.25) is 5.02 Å². The molecule has 1 atom stereocenters. The molecule has 0 saturated carbocycles. The number of halogens is 1. The van der Waals surface area contributed by atoms with Crippen LogP contribution in [-0.2, 0) is 9.59 Å². The molecule has 1 aromatic rings. The van der Waals surface area contributed by atoms with Crippen molar-refractivity contribution in [1.29, 1.82) is 0 Å². The van der Waals surface area contributed by atoms with Crippen LogP contribution < -0.4 is 5.32 Å². The monoisotopic (exact) mass is 381 g/mol. The average Bonchev–Trinajstić information content (AvgIpc) is 2.53. The number of nitrogens with zero attached hydrogens (tertiary/aromatic N) is 2. The molecule has 0 saturated heterocycles. The largest absolute Gasteiger partial charge is 0.478 e. The minimum atomic E-state index is -1.05. The Morgan fingerprint density at radius 1 is 1.36 bits per heavy atom. The van der Waals surface area contributed by atoms with Gasteiger partial charge in [0.25, 0.3) is 0 Å². The highest BCUT2D eigenvalue weighted by molar-refractivity contribution is 7.80. The molecular formula is C17H20ClN3O3S. The fraction of sp³-hybridized carbons (Fsp3) is 0.353. The third kappa shape index (κ3) is 4.11. The molecule has 2 N–H and O–H groups in total. The Hall–Kier alpha value is -2.12. The molecule has 6 nitrogen and oxygen atoms in total. The Morgan fingerprint density at radius 2 is 2.00 bits per heavy atom. The van der Waals surface area contributed by atoms with Gasteiger partial charge in [-0.05, 0) is 30.8 Å². The first kappa shape index (κ1) is 19.2. The zero-order valence-electron chi connectivity index (χ0n) is 14.2. The number of allylic oxidation sites excluding steroid dienone is 1. The Morgan fingerprint density at radius 3 is 2.56 bits per heavy atom. The van der Waals surface area contributed by atoms with Crippen molar-refractivity contribution >= 4 is 40.8 Å². The van der Waals surface area contributed by atoms with Crippen LogP contribution in [0.5, 0.6) is 0 Å². The molecule has 134 valence electrons. The zero-order valence-corrected chi connectivity index (χ0v) is 15.8. The first-order valence-corrected chi connectivity index (χ1v) is 8.49. The number of carbonyl (C=O) groups excluding carboxylic acids is 1. The third-order valence-electron chi connectivity index (χ3n) is 4.04. The van der Waals surface area contributed by atoms with Crippen molar-refractivity contribution < 1.29 is 14.7 Å². The molecule has 0 aliphatic carbocycles. The summed E-state index contributed by atoms with van der Waals surface area (Å²) in [5.74, 6) is -1.12. The number of rotatable bonds is 5. The summed E-state index contributed by atoms with van der Waals surface area (Å²) in [6.07, 6.45) is 0.210. The zero-order chi connectivity index (χ0) is 18.7. The van der Waals surface area contributed by atoms with Gasteiger partial charge in [-0.3, -0.25) is 4.79 Å². The lowest BCUT2D eigenvalue weighted by Gasteiger charge is -2.39. The molecule has 0 radical (unpaired) electrons. The maximum atomic E-state index is 12.0. The number of aliphatic carboxylic acids is 1. The number of thiocarbonyl (C=S) groups is 1. The van der Waals surface area contributed by atoms with E-state index in [0.29, 0.717) is 21.4 Å². The van der Waals surface area contributed by atoms with Crippen LogP contribution in [0.4, 0.5) is 0 Å². The van der Waals surface area contributed by atoms with Crippen LogP contribution in [0, 0.1) is 0 Å². The molecule has 0 aromatic heterocycles. The highest BCUT2D eigenvalue weighted by atomic mass is 35.5. The van der Waals surface area contributed by atoms with E-state index in [2.05, 4.69) is 5.32 Å². The number of hydrogen-bond donors (Lipinski definition) is 2. The summed E-state index contributed by atoms with van der Waals surface area (Å²) in [6.45, 7) is 1.95. The number of carboxylic acids is 1. The minimum absolute atomic E-state index is 0.0659. The number of amides is 1. The quantitative estimate of drug-likeness (QED) is 0.763. The van der Waals surface area contributed by atoms with E-state index in [9.17, 15) is 14.7 Å². The summed E-state index contributed by atoms with van der Waals surface area (Å²) in [5, 5.41) is 13.5. The molecule has 25 heavy (non-hydrogen) atoms. The Labute approximate surface area is 157 Å². The topological polar surface area (TPSA) is 72.9 Å². The van der Waals surface area contributed by atoms with Gasteiger partial charge in [0.05, 0.1) is 11.6 Å². The number of carbonyl (C=O) groups is 2. The number of carboxylic acid groups (broad SMARTS) is 1. The van der Waals surface area contributed by atoms with Crippen molar-refractivity contribution in [3.63, 3.8) is 0 Å². The standard InChI is InChI=1S/C17H20ClN3O3S/c1-10-14(16(23)24)15(11-6-4-5-7-12(11)18)21(17(25)19-10)9-8-13(22)20(2)3/h4-7,15H,8-9H2,1-3H3,(H,19,25)(H,23,24). The van der Waals surface area contributed by atoms with Crippen LogP contribution in [-0.4, -0.2) is 52.5 Å². The highest BCUT2D eigenvalue weighted by Gasteiger charge is 2.37. The van der Waals surface area contributed by atoms with E-state index in [1.807, 2.05) is 0 Å². The molecule has 1 unspecified atom stereocenters. The number of benzene rings is 1. The van der Waals surface area contributed by atoms with Gasteiger partial charge in [-0.25, -0.2) is 4.79 Å². The Balaban J connectivity index is 2.48. The maximum absolute atomic E-state index is 12.0. The van der Waals surface area contributed by atoms with Gasteiger partial charge in [-0.1, -0.05) is 29.8 Å². The second-order valence-electron chi connectivity index (χ2n) is 5.93. The van der Waals surface area contributed by atoms with Crippen molar-refractivity contribution in [2.24, 2.45) is 0 Å². The van der Waals surface area contributed by atoms with E-state index in [1.165, 1.54) is 4.90 Å². The van der Waals surface area contributed by atoms with E-state index in [0.717, 1.165) is 0 Å². The molecule has 0 spiro atoms.